The predicted octanol–water partition coefficient (Wildman–Crippen LogP) is 4.62. The van der Waals surface area contributed by atoms with Gasteiger partial charge < -0.3 is 4.74 Å². The topological polar surface area (TPSA) is 26.3 Å². The molecule has 2 rings (SSSR count). The van der Waals surface area contributed by atoms with Crippen molar-refractivity contribution in [1.29, 1.82) is 0 Å². The molecular formula is C15H11F3O2. The lowest BCUT2D eigenvalue weighted by Gasteiger charge is -2.12. The number of halogens is 3. The summed E-state index contributed by atoms with van der Waals surface area (Å²) in [5.74, 6) is 0.271. The number of aryl methyl sites for hydroxylation is 1. The molecule has 0 aliphatic rings. The molecule has 2 aromatic carbocycles. The largest absolute Gasteiger partial charge is 0.457 e. The first-order valence-electron chi connectivity index (χ1n) is 5.81. The van der Waals surface area contributed by atoms with Crippen molar-refractivity contribution in [1.82, 2.24) is 0 Å². The quantitative estimate of drug-likeness (QED) is 0.767. The van der Waals surface area contributed by atoms with Gasteiger partial charge in [0.15, 0.2) is 6.29 Å². The van der Waals surface area contributed by atoms with Crippen LogP contribution in [0.25, 0.3) is 0 Å². The van der Waals surface area contributed by atoms with E-state index in [9.17, 15) is 18.0 Å². The van der Waals surface area contributed by atoms with Crippen molar-refractivity contribution in [3.63, 3.8) is 0 Å². The standard InChI is InChI=1S/C15H11F3O2/c1-10-3-2-4-13(7-10)20-14-8-12(15(16,17)18)6-5-11(14)9-19/h2-9H,1H3. The summed E-state index contributed by atoms with van der Waals surface area (Å²) in [6.07, 6.45) is -4.02. The molecule has 0 atom stereocenters. The van der Waals surface area contributed by atoms with Crippen molar-refractivity contribution in [2.24, 2.45) is 0 Å². The van der Waals surface area contributed by atoms with Crippen LogP contribution in [0.4, 0.5) is 13.2 Å². The van der Waals surface area contributed by atoms with Gasteiger partial charge in [0, 0.05) is 0 Å². The molecule has 104 valence electrons. The van der Waals surface area contributed by atoms with Crippen LogP contribution in [0.5, 0.6) is 11.5 Å². The molecule has 0 saturated carbocycles. The van der Waals surface area contributed by atoms with E-state index < -0.39 is 11.7 Å². The number of rotatable bonds is 3. The minimum Gasteiger partial charge on any atom is -0.457 e. The third kappa shape index (κ3) is 3.17. The van der Waals surface area contributed by atoms with E-state index in [1.54, 1.807) is 18.2 Å². The number of aldehydes is 1. The van der Waals surface area contributed by atoms with Crippen molar-refractivity contribution >= 4 is 6.29 Å². The third-order valence-electron chi connectivity index (χ3n) is 2.69. The molecule has 0 unspecified atom stereocenters. The monoisotopic (exact) mass is 280 g/mol. The highest BCUT2D eigenvalue weighted by atomic mass is 19.4. The highest BCUT2D eigenvalue weighted by molar-refractivity contribution is 5.79. The van der Waals surface area contributed by atoms with Crippen molar-refractivity contribution in [3.8, 4) is 11.5 Å². The minimum absolute atomic E-state index is 0.0690. The second-order valence-corrected chi connectivity index (χ2v) is 4.29. The Bertz CT molecular complexity index is 633. The predicted molar refractivity (Wildman–Crippen MR) is 68.1 cm³/mol. The Labute approximate surface area is 113 Å². The molecule has 0 aromatic heterocycles. The maximum atomic E-state index is 12.7. The number of carbonyl (C=O) groups is 1. The number of carbonyl (C=O) groups excluding carboxylic acids is 1. The molecule has 0 N–H and O–H groups in total. The highest BCUT2D eigenvalue weighted by Crippen LogP contribution is 2.34. The summed E-state index contributed by atoms with van der Waals surface area (Å²) in [6, 6.07) is 9.62. The molecular weight excluding hydrogens is 269 g/mol. The third-order valence-corrected chi connectivity index (χ3v) is 2.69. The van der Waals surface area contributed by atoms with E-state index in [1.165, 1.54) is 0 Å². The van der Waals surface area contributed by atoms with E-state index in [0.29, 0.717) is 12.0 Å². The Morgan fingerprint density at radius 2 is 1.85 bits per heavy atom. The first kappa shape index (κ1) is 14.1. The molecule has 2 aromatic rings. The number of benzene rings is 2. The number of ether oxygens (including phenoxy) is 1. The van der Waals surface area contributed by atoms with E-state index in [1.807, 2.05) is 13.0 Å². The Hall–Kier alpha value is -2.30. The summed E-state index contributed by atoms with van der Waals surface area (Å²) in [5, 5.41) is 0. The van der Waals surface area contributed by atoms with E-state index in [4.69, 9.17) is 4.74 Å². The molecule has 5 heteroatoms. The van der Waals surface area contributed by atoms with Crippen LogP contribution in [-0.2, 0) is 6.18 Å². The number of hydrogen-bond acceptors (Lipinski definition) is 2. The van der Waals surface area contributed by atoms with Gasteiger partial charge in [-0.2, -0.15) is 13.2 Å². The van der Waals surface area contributed by atoms with E-state index >= 15 is 0 Å². The minimum atomic E-state index is -4.48. The van der Waals surface area contributed by atoms with Gasteiger partial charge in [0.2, 0.25) is 0 Å². The van der Waals surface area contributed by atoms with Crippen molar-refractivity contribution in [2.45, 2.75) is 13.1 Å². The second kappa shape index (κ2) is 5.36. The average molecular weight is 280 g/mol. The zero-order valence-corrected chi connectivity index (χ0v) is 10.6. The molecule has 20 heavy (non-hydrogen) atoms. The molecule has 0 bridgehead atoms. The normalized spacial score (nSPS) is 11.2. The molecule has 2 nitrogen and oxygen atoms in total. The zero-order chi connectivity index (χ0) is 14.8. The van der Waals surface area contributed by atoms with Crippen LogP contribution in [0.2, 0.25) is 0 Å². The Kier molecular flexibility index (Phi) is 3.79. The first-order chi connectivity index (χ1) is 9.40. The van der Waals surface area contributed by atoms with Gasteiger partial charge in [-0.25, -0.2) is 0 Å². The van der Waals surface area contributed by atoms with Crippen LogP contribution in [0, 0.1) is 6.92 Å². The first-order valence-corrected chi connectivity index (χ1v) is 5.81. The SMILES string of the molecule is Cc1cccc(Oc2cc(C(F)(F)F)ccc2C=O)c1. The second-order valence-electron chi connectivity index (χ2n) is 4.29. The lowest BCUT2D eigenvalue weighted by Crippen LogP contribution is -2.05. The molecule has 0 aliphatic heterocycles. The molecule has 0 fully saturated rings. The van der Waals surface area contributed by atoms with Gasteiger partial charge in [0.25, 0.3) is 0 Å². The molecule has 0 aliphatic carbocycles. The Morgan fingerprint density at radius 1 is 1.10 bits per heavy atom. The average Bonchev–Trinajstić information content (AvgIpc) is 2.37. The van der Waals surface area contributed by atoms with Crippen LogP contribution in [0.15, 0.2) is 42.5 Å². The summed E-state index contributed by atoms with van der Waals surface area (Å²) in [5.41, 5.74) is 0.118. The van der Waals surface area contributed by atoms with E-state index in [2.05, 4.69) is 0 Å². The Morgan fingerprint density at radius 3 is 2.45 bits per heavy atom. The van der Waals surface area contributed by atoms with Gasteiger partial charge >= 0.3 is 6.18 Å². The molecule has 0 radical (unpaired) electrons. The van der Waals surface area contributed by atoms with E-state index in [-0.39, 0.29) is 11.3 Å². The summed E-state index contributed by atoms with van der Waals surface area (Å²) in [7, 11) is 0. The Balaban J connectivity index is 2.41. The van der Waals surface area contributed by atoms with Crippen LogP contribution >= 0.6 is 0 Å². The lowest BCUT2D eigenvalue weighted by atomic mass is 10.1. The van der Waals surface area contributed by atoms with E-state index in [0.717, 1.165) is 23.8 Å². The van der Waals surface area contributed by atoms with Gasteiger partial charge in [0.05, 0.1) is 11.1 Å². The van der Waals surface area contributed by atoms with Crippen LogP contribution in [-0.4, -0.2) is 6.29 Å². The summed E-state index contributed by atoms with van der Waals surface area (Å²) in [6.45, 7) is 1.83. The number of alkyl halides is 3. The summed E-state index contributed by atoms with van der Waals surface area (Å²) < 4.78 is 43.4. The zero-order valence-electron chi connectivity index (χ0n) is 10.6. The smallest absolute Gasteiger partial charge is 0.416 e. The highest BCUT2D eigenvalue weighted by Gasteiger charge is 2.31. The fourth-order valence-electron chi connectivity index (χ4n) is 1.70. The van der Waals surface area contributed by atoms with Gasteiger partial charge in [-0.05, 0) is 42.8 Å². The molecule has 0 saturated heterocycles. The van der Waals surface area contributed by atoms with Crippen molar-refractivity contribution in [3.05, 3.63) is 59.2 Å². The molecule has 0 amide bonds. The fourth-order valence-corrected chi connectivity index (χ4v) is 1.70. The van der Waals surface area contributed by atoms with Crippen molar-refractivity contribution in [2.75, 3.05) is 0 Å². The van der Waals surface area contributed by atoms with Crippen molar-refractivity contribution < 1.29 is 22.7 Å². The lowest BCUT2D eigenvalue weighted by molar-refractivity contribution is -0.137. The van der Waals surface area contributed by atoms with Crippen LogP contribution in [0.1, 0.15) is 21.5 Å². The van der Waals surface area contributed by atoms with Crippen LogP contribution in [0.3, 0.4) is 0 Å². The summed E-state index contributed by atoms with van der Waals surface area (Å²) >= 11 is 0. The van der Waals surface area contributed by atoms with Gasteiger partial charge in [-0.15, -0.1) is 0 Å². The summed E-state index contributed by atoms with van der Waals surface area (Å²) in [4.78, 5) is 10.9. The maximum absolute atomic E-state index is 12.7. The van der Waals surface area contributed by atoms with Gasteiger partial charge in [-0.1, -0.05) is 12.1 Å². The van der Waals surface area contributed by atoms with Gasteiger partial charge in [-0.3, -0.25) is 4.79 Å². The van der Waals surface area contributed by atoms with Crippen LogP contribution < -0.4 is 4.74 Å². The maximum Gasteiger partial charge on any atom is 0.416 e. The molecule has 0 spiro atoms. The van der Waals surface area contributed by atoms with Gasteiger partial charge in [0.1, 0.15) is 11.5 Å². The number of hydrogen-bond donors (Lipinski definition) is 0. The fraction of sp³-hybridized carbons (Fsp3) is 0.133. The molecule has 0 heterocycles.